The van der Waals surface area contributed by atoms with Crippen LogP contribution in [0.3, 0.4) is 0 Å². The van der Waals surface area contributed by atoms with E-state index in [1.165, 1.54) is 0 Å². The average Bonchev–Trinajstić information content (AvgIpc) is 2.85. The first-order valence-corrected chi connectivity index (χ1v) is 12.0. The molecule has 2 aromatic carbocycles. The van der Waals surface area contributed by atoms with Crippen LogP contribution in [-0.4, -0.2) is 56.6 Å². The van der Waals surface area contributed by atoms with Gasteiger partial charge < -0.3 is 25.4 Å². The number of hydrogen-bond donors (Lipinski definition) is 4. The Balaban J connectivity index is 1.82. The van der Waals surface area contributed by atoms with Crippen LogP contribution in [-0.2, 0) is 4.74 Å². The number of carbonyl (C=O) groups excluding carboxylic acids is 1. The molecule has 1 amide bonds. The second-order valence-corrected chi connectivity index (χ2v) is 9.46. The Morgan fingerprint density at radius 3 is 2.49 bits per heavy atom. The zero-order valence-corrected chi connectivity index (χ0v) is 20.1. The van der Waals surface area contributed by atoms with Gasteiger partial charge in [0.2, 0.25) is 0 Å². The van der Waals surface area contributed by atoms with Gasteiger partial charge in [-0.1, -0.05) is 53.7 Å². The minimum absolute atomic E-state index is 0.109. The highest BCUT2D eigenvalue weighted by molar-refractivity contribution is 7.99. The van der Waals surface area contributed by atoms with Gasteiger partial charge in [0, 0.05) is 16.3 Å². The third kappa shape index (κ3) is 5.33. The Hall–Kier alpha value is -2.97. The number of nitrogens with zero attached hydrogens (tertiary/aromatic N) is 2. The van der Waals surface area contributed by atoms with Crippen molar-refractivity contribution in [3.05, 3.63) is 76.4 Å². The van der Waals surface area contributed by atoms with Crippen LogP contribution in [0.4, 0.5) is 5.69 Å². The lowest BCUT2D eigenvalue weighted by Gasteiger charge is -2.34. The van der Waals surface area contributed by atoms with E-state index in [-0.39, 0.29) is 22.8 Å². The van der Waals surface area contributed by atoms with Gasteiger partial charge in [-0.05, 0) is 36.8 Å². The maximum absolute atomic E-state index is 13.4. The fraction of sp³-hybridized carbons (Fsp3) is 0.240. The predicted octanol–water partition coefficient (Wildman–Crippen LogP) is 3.37. The summed E-state index contributed by atoms with van der Waals surface area (Å²) in [6, 6.07) is 17.8. The summed E-state index contributed by atoms with van der Waals surface area (Å²) in [6.45, 7) is 1.47. The van der Waals surface area contributed by atoms with Crippen LogP contribution in [0.5, 0.6) is 0 Å². The first-order chi connectivity index (χ1) is 16.8. The molecule has 4 atom stereocenters. The largest absolute Gasteiger partial charge is 0.388 e. The number of amides is 1. The molecular weight excluding hydrogens is 490 g/mol. The van der Waals surface area contributed by atoms with Crippen molar-refractivity contribution in [3.8, 4) is 17.2 Å². The maximum Gasteiger partial charge on any atom is 0.258 e. The summed E-state index contributed by atoms with van der Waals surface area (Å²) in [5, 5.41) is 43.9. The maximum atomic E-state index is 13.4. The molecule has 3 aromatic rings. The third-order valence-electron chi connectivity index (χ3n) is 5.53. The number of thioether (sulfide) groups is 1. The van der Waals surface area contributed by atoms with E-state index in [0.29, 0.717) is 27.5 Å². The molecule has 1 aliphatic heterocycles. The molecule has 180 valence electrons. The van der Waals surface area contributed by atoms with E-state index in [0.717, 1.165) is 11.8 Å². The fourth-order valence-electron chi connectivity index (χ4n) is 3.76. The van der Waals surface area contributed by atoms with Gasteiger partial charge in [0.05, 0.1) is 23.4 Å². The summed E-state index contributed by atoms with van der Waals surface area (Å²) in [5.41, 5.74) is 1.23. The summed E-state index contributed by atoms with van der Waals surface area (Å²) in [5.74, 6) is -0.438. The molecular formula is C25H22ClN3O5S. The number of anilines is 1. The Morgan fingerprint density at radius 1 is 1.14 bits per heavy atom. The number of aromatic nitrogens is 1. The van der Waals surface area contributed by atoms with Gasteiger partial charge in [-0.25, -0.2) is 4.98 Å². The molecule has 4 rings (SSSR count). The molecule has 1 saturated heterocycles. The van der Waals surface area contributed by atoms with Crippen LogP contribution in [0, 0.1) is 18.3 Å². The first-order valence-electron chi connectivity index (χ1n) is 10.7. The molecule has 0 aliphatic carbocycles. The third-order valence-corrected chi connectivity index (χ3v) is 6.95. The average molecular weight is 512 g/mol. The van der Waals surface area contributed by atoms with Gasteiger partial charge >= 0.3 is 0 Å². The van der Waals surface area contributed by atoms with Gasteiger partial charge in [0.15, 0.2) is 0 Å². The lowest BCUT2D eigenvalue weighted by Crippen LogP contribution is -2.51. The van der Waals surface area contributed by atoms with Crippen LogP contribution < -0.4 is 5.32 Å². The number of para-hydroxylation sites is 1. The molecule has 35 heavy (non-hydrogen) atoms. The lowest BCUT2D eigenvalue weighted by molar-refractivity contribution is -0.161. The number of pyridine rings is 1. The minimum Gasteiger partial charge on any atom is -0.388 e. The molecule has 8 nitrogen and oxygen atoms in total. The van der Waals surface area contributed by atoms with Gasteiger partial charge in [0.1, 0.15) is 34.8 Å². The molecule has 0 radical (unpaired) electrons. The van der Waals surface area contributed by atoms with Crippen molar-refractivity contribution in [3.63, 3.8) is 0 Å². The number of ether oxygens (including phenoxy) is 1. The SMILES string of the molecule is Cc1nc(S[C@@H]2OC[C@@H](O)[C@H](O)[C@H]2O)c(C#N)c(-c2ccc(Cl)cc2)c1C(=O)Nc1ccccc1. The smallest absolute Gasteiger partial charge is 0.258 e. The molecule has 0 unspecified atom stereocenters. The monoisotopic (exact) mass is 511 g/mol. The standard InChI is InChI=1S/C25H22ClN3O5S/c1-13-19(23(33)29-16-5-3-2-4-6-16)20(14-7-9-15(26)10-8-14)17(11-27)24(28-13)35-25-22(32)21(31)18(30)12-34-25/h2-10,18,21-22,25,30-32H,12H2,1H3,(H,29,33)/t18-,21+,22-,25+/m1/s1. The van der Waals surface area contributed by atoms with E-state index in [9.17, 15) is 25.4 Å². The zero-order chi connectivity index (χ0) is 25.1. The number of hydrogen-bond acceptors (Lipinski definition) is 8. The van der Waals surface area contributed by atoms with Gasteiger partial charge in [0.25, 0.3) is 5.91 Å². The van der Waals surface area contributed by atoms with Crippen molar-refractivity contribution < 1.29 is 24.9 Å². The number of aryl methyl sites for hydroxylation is 1. The van der Waals surface area contributed by atoms with Crippen LogP contribution in [0.2, 0.25) is 5.02 Å². The highest BCUT2D eigenvalue weighted by atomic mass is 35.5. The van der Waals surface area contributed by atoms with E-state index >= 15 is 0 Å². The summed E-state index contributed by atoms with van der Waals surface area (Å²) < 4.78 is 5.49. The molecule has 0 bridgehead atoms. The Bertz CT molecular complexity index is 1270. The summed E-state index contributed by atoms with van der Waals surface area (Å²) >= 11 is 7.01. The van der Waals surface area contributed by atoms with Crippen LogP contribution in [0.1, 0.15) is 21.6 Å². The first kappa shape index (κ1) is 25.1. The highest BCUT2D eigenvalue weighted by Crippen LogP contribution is 2.39. The van der Waals surface area contributed by atoms with Gasteiger partial charge in [-0.15, -0.1) is 0 Å². The van der Waals surface area contributed by atoms with E-state index in [4.69, 9.17) is 16.3 Å². The number of nitrogens with one attached hydrogen (secondary N) is 1. The molecule has 2 heterocycles. The summed E-state index contributed by atoms with van der Waals surface area (Å²) in [4.78, 5) is 17.9. The second-order valence-electron chi connectivity index (χ2n) is 7.93. The quantitative estimate of drug-likeness (QED) is 0.409. The molecule has 4 N–H and O–H groups in total. The number of carbonyl (C=O) groups is 1. The van der Waals surface area contributed by atoms with Gasteiger partial charge in [-0.2, -0.15) is 5.26 Å². The number of halogens is 1. The fourth-order valence-corrected chi connectivity index (χ4v) is 5.01. The van der Waals surface area contributed by atoms with Crippen molar-refractivity contribution >= 4 is 35.0 Å². The molecule has 0 spiro atoms. The van der Waals surface area contributed by atoms with Crippen LogP contribution >= 0.6 is 23.4 Å². The van der Waals surface area contributed by atoms with E-state index in [1.807, 2.05) is 6.07 Å². The van der Waals surface area contributed by atoms with E-state index in [2.05, 4.69) is 16.4 Å². The molecule has 1 fully saturated rings. The van der Waals surface area contributed by atoms with Gasteiger partial charge in [-0.3, -0.25) is 4.79 Å². The number of benzene rings is 2. The molecule has 10 heteroatoms. The van der Waals surface area contributed by atoms with Crippen molar-refractivity contribution in [1.82, 2.24) is 4.98 Å². The van der Waals surface area contributed by atoms with Crippen molar-refractivity contribution in [2.45, 2.75) is 35.7 Å². The summed E-state index contributed by atoms with van der Waals surface area (Å²) in [7, 11) is 0. The van der Waals surface area contributed by atoms with Crippen molar-refractivity contribution in [2.24, 2.45) is 0 Å². The predicted molar refractivity (Wildman–Crippen MR) is 132 cm³/mol. The number of aliphatic hydroxyl groups excluding tert-OH is 3. The van der Waals surface area contributed by atoms with Crippen molar-refractivity contribution in [1.29, 1.82) is 5.26 Å². The minimum atomic E-state index is -1.41. The van der Waals surface area contributed by atoms with E-state index in [1.54, 1.807) is 55.5 Å². The Morgan fingerprint density at radius 2 is 1.83 bits per heavy atom. The topological polar surface area (TPSA) is 136 Å². The Kier molecular flexibility index (Phi) is 7.72. The van der Waals surface area contributed by atoms with E-state index < -0.39 is 29.7 Å². The normalized spacial score (nSPS) is 21.8. The molecule has 1 aromatic heterocycles. The summed E-state index contributed by atoms with van der Waals surface area (Å²) in [6.07, 6.45) is -4.03. The lowest BCUT2D eigenvalue weighted by atomic mass is 9.94. The molecule has 1 aliphatic rings. The van der Waals surface area contributed by atoms with Crippen molar-refractivity contribution in [2.75, 3.05) is 11.9 Å². The Labute approximate surface area is 211 Å². The zero-order valence-electron chi connectivity index (χ0n) is 18.6. The number of aliphatic hydroxyl groups is 3. The highest BCUT2D eigenvalue weighted by Gasteiger charge is 2.39. The second kappa shape index (κ2) is 10.7. The number of nitriles is 1. The number of rotatable bonds is 5. The van der Waals surface area contributed by atoms with Crippen LogP contribution in [0.25, 0.3) is 11.1 Å². The molecule has 0 saturated carbocycles. The van der Waals surface area contributed by atoms with Crippen LogP contribution in [0.15, 0.2) is 59.6 Å².